The summed E-state index contributed by atoms with van der Waals surface area (Å²) in [5.41, 5.74) is 5.95. The standard InChI is InChI=1S/C14H14Cl2N2O2/c15-11-3-1-9(12(16)7-11)2-4-13(19)18-6-5-10(8-18)14(17)20/h1-4,7,10H,5-6,8H2,(H2,17,20)/b4-2+. The lowest BCUT2D eigenvalue weighted by Gasteiger charge is -2.13. The molecule has 0 aromatic heterocycles. The Labute approximate surface area is 127 Å². The van der Waals surface area contributed by atoms with Gasteiger partial charge in [0.15, 0.2) is 0 Å². The molecular formula is C14H14Cl2N2O2. The number of amides is 2. The zero-order chi connectivity index (χ0) is 14.7. The summed E-state index contributed by atoms with van der Waals surface area (Å²) in [6.45, 7) is 0.929. The number of carbonyl (C=O) groups is 2. The molecule has 2 amide bonds. The number of halogens is 2. The Balaban J connectivity index is 2.01. The lowest BCUT2D eigenvalue weighted by atomic mass is 10.1. The Morgan fingerprint density at radius 1 is 1.35 bits per heavy atom. The van der Waals surface area contributed by atoms with Crippen molar-refractivity contribution in [2.24, 2.45) is 11.7 Å². The number of hydrogen-bond acceptors (Lipinski definition) is 2. The van der Waals surface area contributed by atoms with Crippen LogP contribution in [-0.2, 0) is 9.59 Å². The van der Waals surface area contributed by atoms with Gasteiger partial charge < -0.3 is 10.6 Å². The van der Waals surface area contributed by atoms with Gasteiger partial charge in [-0.15, -0.1) is 0 Å². The Kier molecular flexibility index (Phi) is 4.68. The van der Waals surface area contributed by atoms with Gasteiger partial charge in [-0.25, -0.2) is 0 Å². The number of primary amides is 1. The molecule has 1 atom stereocenters. The van der Waals surface area contributed by atoms with E-state index in [1.807, 2.05) is 0 Å². The van der Waals surface area contributed by atoms with Crippen LogP contribution in [0.5, 0.6) is 0 Å². The minimum atomic E-state index is -0.356. The minimum Gasteiger partial charge on any atom is -0.369 e. The fraction of sp³-hybridized carbons (Fsp3) is 0.286. The second-order valence-electron chi connectivity index (χ2n) is 4.67. The van der Waals surface area contributed by atoms with E-state index >= 15 is 0 Å². The second kappa shape index (κ2) is 6.29. The first-order chi connectivity index (χ1) is 9.47. The maximum atomic E-state index is 12.0. The molecule has 6 heteroatoms. The number of likely N-dealkylation sites (tertiary alicyclic amines) is 1. The van der Waals surface area contributed by atoms with Crippen LogP contribution >= 0.6 is 23.2 Å². The van der Waals surface area contributed by atoms with Gasteiger partial charge in [0, 0.05) is 29.2 Å². The molecule has 0 saturated carbocycles. The van der Waals surface area contributed by atoms with Crippen LogP contribution in [0.25, 0.3) is 6.08 Å². The number of nitrogens with zero attached hydrogens (tertiary/aromatic N) is 1. The molecule has 4 nitrogen and oxygen atoms in total. The molecule has 1 saturated heterocycles. The zero-order valence-electron chi connectivity index (χ0n) is 10.7. The first-order valence-corrected chi connectivity index (χ1v) is 6.94. The van der Waals surface area contributed by atoms with Crippen molar-refractivity contribution in [1.29, 1.82) is 0 Å². The van der Waals surface area contributed by atoms with Crippen LogP contribution < -0.4 is 5.73 Å². The van der Waals surface area contributed by atoms with Crippen molar-refractivity contribution in [3.63, 3.8) is 0 Å². The molecule has 0 spiro atoms. The van der Waals surface area contributed by atoms with Crippen LogP contribution in [0, 0.1) is 5.92 Å². The minimum absolute atomic E-state index is 0.153. The van der Waals surface area contributed by atoms with Gasteiger partial charge in [0.25, 0.3) is 0 Å². The molecule has 1 aliphatic rings. The summed E-state index contributed by atoms with van der Waals surface area (Å²) in [7, 11) is 0. The molecule has 0 bridgehead atoms. The van der Waals surface area contributed by atoms with Crippen LogP contribution in [-0.4, -0.2) is 29.8 Å². The van der Waals surface area contributed by atoms with Gasteiger partial charge in [-0.2, -0.15) is 0 Å². The smallest absolute Gasteiger partial charge is 0.246 e. The molecule has 1 fully saturated rings. The number of rotatable bonds is 3. The highest BCUT2D eigenvalue weighted by Gasteiger charge is 2.28. The van der Waals surface area contributed by atoms with Gasteiger partial charge in [0.05, 0.1) is 5.92 Å². The molecule has 2 N–H and O–H groups in total. The van der Waals surface area contributed by atoms with Gasteiger partial charge in [0.1, 0.15) is 0 Å². The van der Waals surface area contributed by atoms with Crippen LogP contribution in [0.4, 0.5) is 0 Å². The Morgan fingerprint density at radius 2 is 2.10 bits per heavy atom. The van der Waals surface area contributed by atoms with Crippen molar-refractivity contribution in [1.82, 2.24) is 4.90 Å². The molecule has 1 aromatic rings. The van der Waals surface area contributed by atoms with E-state index in [9.17, 15) is 9.59 Å². The lowest BCUT2D eigenvalue weighted by molar-refractivity contribution is -0.125. The topological polar surface area (TPSA) is 63.4 Å². The van der Waals surface area contributed by atoms with Gasteiger partial charge in [0.2, 0.25) is 11.8 Å². The second-order valence-corrected chi connectivity index (χ2v) is 5.52. The number of benzene rings is 1. The Morgan fingerprint density at radius 3 is 2.70 bits per heavy atom. The summed E-state index contributed by atoms with van der Waals surface area (Å²) in [4.78, 5) is 24.7. The van der Waals surface area contributed by atoms with Crippen LogP contribution in [0.2, 0.25) is 10.0 Å². The average Bonchev–Trinajstić information content (AvgIpc) is 2.87. The molecular weight excluding hydrogens is 299 g/mol. The van der Waals surface area contributed by atoms with Crippen LogP contribution in [0.3, 0.4) is 0 Å². The summed E-state index contributed by atoms with van der Waals surface area (Å²) in [5, 5.41) is 1.03. The molecule has 106 valence electrons. The van der Waals surface area contributed by atoms with E-state index in [0.717, 1.165) is 5.56 Å². The molecule has 1 unspecified atom stereocenters. The van der Waals surface area contributed by atoms with Gasteiger partial charge in [-0.05, 0) is 30.2 Å². The summed E-state index contributed by atoms with van der Waals surface area (Å²) in [6.07, 6.45) is 3.70. The van der Waals surface area contributed by atoms with E-state index in [4.69, 9.17) is 28.9 Å². The molecule has 1 heterocycles. The summed E-state index contributed by atoms with van der Waals surface area (Å²) in [5.74, 6) is -0.753. The van der Waals surface area contributed by atoms with E-state index in [2.05, 4.69) is 0 Å². The highest BCUT2D eigenvalue weighted by Crippen LogP contribution is 2.22. The van der Waals surface area contributed by atoms with Crippen molar-refractivity contribution in [3.8, 4) is 0 Å². The van der Waals surface area contributed by atoms with E-state index in [1.54, 1.807) is 29.2 Å². The Hall–Kier alpha value is -1.52. The third kappa shape index (κ3) is 3.52. The zero-order valence-corrected chi connectivity index (χ0v) is 12.2. The van der Waals surface area contributed by atoms with Gasteiger partial charge in [-0.3, -0.25) is 9.59 Å². The van der Waals surface area contributed by atoms with Gasteiger partial charge >= 0.3 is 0 Å². The monoisotopic (exact) mass is 312 g/mol. The average molecular weight is 313 g/mol. The molecule has 20 heavy (non-hydrogen) atoms. The summed E-state index contributed by atoms with van der Waals surface area (Å²) in [6, 6.07) is 5.06. The SMILES string of the molecule is NC(=O)C1CCN(C(=O)/C=C/c2ccc(Cl)cc2Cl)C1. The maximum Gasteiger partial charge on any atom is 0.246 e. The van der Waals surface area contributed by atoms with E-state index in [1.165, 1.54) is 6.08 Å². The van der Waals surface area contributed by atoms with Crippen molar-refractivity contribution in [2.45, 2.75) is 6.42 Å². The summed E-state index contributed by atoms with van der Waals surface area (Å²) < 4.78 is 0. The molecule has 1 aliphatic heterocycles. The van der Waals surface area contributed by atoms with Crippen LogP contribution in [0.1, 0.15) is 12.0 Å². The molecule has 0 aliphatic carbocycles. The van der Waals surface area contributed by atoms with Crippen LogP contribution in [0.15, 0.2) is 24.3 Å². The maximum absolute atomic E-state index is 12.0. The van der Waals surface area contributed by atoms with Crippen molar-refractivity contribution < 1.29 is 9.59 Å². The van der Waals surface area contributed by atoms with E-state index in [-0.39, 0.29) is 17.7 Å². The number of nitrogens with two attached hydrogens (primary N) is 1. The van der Waals surface area contributed by atoms with Crippen molar-refractivity contribution in [2.75, 3.05) is 13.1 Å². The molecule has 0 radical (unpaired) electrons. The largest absolute Gasteiger partial charge is 0.369 e. The predicted octanol–water partition coefficient (Wildman–Crippen LogP) is 2.34. The molecule has 2 rings (SSSR count). The fourth-order valence-electron chi connectivity index (χ4n) is 2.10. The predicted molar refractivity (Wildman–Crippen MR) is 79.4 cm³/mol. The van der Waals surface area contributed by atoms with E-state index in [0.29, 0.717) is 29.6 Å². The van der Waals surface area contributed by atoms with E-state index < -0.39 is 0 Å². The first-order valence-electron chi connectivity index (χ1n) is 6.18. The first kappa shape index (κ1) is 14.9. The van der Waals surface area contributed by atoms with Crippen molar-refractivity contribution >= 4 is 41.1 Å². The highest BCUT2D eigenvalue weighted by atomic mass is 35.5. The van der Waals surface area contributed by atoms with Gasteiger partial charge in [-0.1, -0.05) is 29.3 Å². The highest BCUT2D eigenvalue weighted by molar-refractivity contribution is 6.35. The number of carbonyl (C=O) groups excluding carboxylic acids is 2. The summed E-state index contributed by atoms with van der Waals surface area (Å²) >= 11 is 11.8. The molecule has 1 aromatic carbocycles. The third-order valence-corrected chi connectivity index (χ3v) is 3.83. The number of hydrogen-bond donors (Lipinski definition) is 1. The van der Waals surface area contributed by atoms with Crippen molar-refractivity contribution in [3.05, 3.63) is 39.9 Å². The lowest BCUT2D eigenvalue weighted by Crippen LogP contribution is -2.30. The fourth-order valence-corrected chi connectivity index (χ4v) is 2.57. The third-order valence-electron chi connectivity index (χ3n) is 3.27. The quantitative estimate of drug-likeness (QED) is 0.871. The normalized spacial score (nSPS) is 18.7. The Bertz CT molecular complexity index is 572.